The summed E-state index contributed by atoms with van der Waals surface area (Å²) in [4.78, 5) is 24.4. The molecular formula is C24H32N4O. The molecule has 2 aliphatic heterocycles. The smallest absolute Gasteiger partial charge is 0.225 e. The summed E-state index contributed by atoms with van der Waals surface area (Å²) in [5, 5.41) is 0. The van der Waals surface area contributed by atoms with Gasteiger partial charge in [-0.25, -0.2) is 0 Å². The van der Waals surface area contributed by atoms with Crippen molar-refractivity contribution < 1.29 is 4.79 Å². The molecule has 29 heavy (non-hydrogen) atoms. The van der Waals surface area contributed by atoms with Gasteiger partial charge in [0.25, 0.3) is 0 Å². The summed E-state index contributed by atoms with van der Waals surface area (Å²) in [6.07, 6.45) is 3.77. The monoisotopic (exact) mass is 392 g/mol. The first-order valence-electron chi connectivity index (χ1n) is 10.8. The zero-order valence-electron chi connectivity index (χ0n) is 17.7. The fourth-order valence-corrected chi connectivity index (χ4v) is 4.56. The highest BCUT2D eigenvalue weighted by Crippen LogP contribution is 2.26. The lowest BCUT2D eigenvalue weighted by Crippen LogP contribution is -2.51. The lowest BCUT2D eigenvalue weighted by atomic mass is 9.94. The number of pyridine rings is 1. The maximum atomic E-state index is 13.1. The predicted octanol–water partition coefficient (Wildman–Crippen LogP) is 3.26. The highest BCUT2D eigenvalue weighted by molar-refractivity contribution is 5.79. The fraction of sp³-hybridized carbons (Fsp3) is 0.500. The summed E-state index contributed by atoms with van der Waals surface area (Å²) in [5.74, 6) is 0.547. The molecule has 0 bridgehead atoms. The predicted molar refractivity (Wildman–Crippen MR) is 117 cm³/mol. The van der Waals surface area contributed by atoms with Crippen molar-refractivity contribution in [3.8, 4) is 0 Å². The van der Waals surface area contributed by atoms with Crippen molar-refractivity contribution in [2.75, 3.05) is 44.2 Å². The van der Waals surface area contributed by atoms with E-state index < -0.39 is 0 Å². The topological polar surface area (TPSA) is 39.7 Å². The molecule has 2 aromatic rings. The fourth-order valence-electron chi connectivity index (χ4n) is 4.56. The van der Waals surface area contributed by atoms with E-state index in [2.05, 4.69) is 57.8 Å². The second-order valence-electron chi connectivity index (χ2n) is 8.40. The van der Waals surface area contributed by atoms with E-state index in [1.54, 1.807) is 0 Å². The lowest BCUT2D eigenvalue weighted by molar-refractivity contribution is -0.137. The van der Waals surface area contributed by atoms with Crippen LogP contribution in [0, 0.1) is 19.8 Å². The molecule has 2 saturated heterocycles. The van der Waals surface area contributed by atoms with Crippen LogP contribution in [0.5, 0.6) is 0 Å². The van der Waals surface area contributed by atoms with Crippen molar-refractivity contribution in [3.63, 3.8) is 0 Å². The normalized spacial score (nSPS) is 18.8. The Kier molecular flexibility index (Phi) is 6.14. The Morgan fingerprint density at radius 2 is 1.72 bits per heavy atom. The standard InChI is InChI=1S/C24H32N4O/c1-19-6-5-8-23(20(19)2)27-14-16-28(17-15-27)24(29)21-9-12-26(13-10-21)18-22-7-3-4-11-25-22/h3-8,11,21H,9-10,12-18H2,1-2H3. The van der Waals surface area contributed by atoms with E-state index in [4.69, 9.17) is 0 Å². The minimum Gasteiger partial charge on any atom is -0.368 e. The van der Waals surface area contributed by atoms with E-state index in [0.29, 0.717) is 5.91 Å². The molecule has 2 aliphatic rings. The zero-order valence-corrected chi connectivity index (χ0v) is 17.7. The van der Waals surface area contributed by atoms with Gasteiger partial charge in [-0.1, -0.05) is 18.2 Å². The molecule has 154 valence electrons. The minimum atomic E-state index is 0.183. The van der Waals surface area contributed by atoms with E-state index in [-0.39, 0.29) is 5.92 Å². The quantitative estimate of drug-likeness (QED) is 0.801. The van der Waals surface area contributed by atoms with Gasteiger partial charge >= 0.3 is 0 Å². The Hall–Kier alpha value is -2.40. The largest absolute Gasteiger partial charge is 0.368 e. The van der Waals surface area contributed by atoms with Gasteiger partial charge in [0.1, 0.15) is 0 Å². The van der Waals surface area contributed by atoms with Crippen LogP contribution in [0.3, 0.4) is 0 Å². The van der Waals surface area contributed by atoms with Crippen LogP contribution in [0.4, 0.5) is 5.69 Å². The van der Waals surface area contributed by atoms with E-state index in [1.165, 1.54) is 16.8 Å². The van der Waals surface area contributed by atoms with Crippen LogP contribution in [0.2, 0.25) is 0 Å². The third-order valence-electron chi connectivity index (χ3n) is 6.56. The second-order valence-corrected chi connectivity index (χ2v) is 8.40. The first-order valence-corrected chi connectivity index (χ1v) is 10.8. The SMILES string of the molecule is Cc1cccc(N2CCN(C(=O)C3CCN(Cc4ccccn4)CC3)CC2)c1C. The number of rotatable bonds is 4. The Labute approximate surface area is 174 Å². The van der Waals surface area contributed by atoms with Gasteiger partial charge in [-0.05, 0) is 69.1 Å². The van der Waals surface area contributed by atoms with Gasteiger partial charge in [0.2, 0.25) is 5.91 Å². The molecule has 1 amide bonds. The van der Waals surface area contributed by atoms with Crippen LogP contribution < -0.4 is 4.90 Å². The van der Waals surface area contributed by atoms with Crippen molar-refractivity contribution in [1.29, 1.82) is 0 Å². The third kappa shape index (κ3) is 4.61. The Bertz CT molecular complexity index is 822. The molecule has 0 aliphatic carbocycles. The van der Waals surface area contributed by atoms with Gasteiger partial charge in [-0.15, -0.1) is 0 Å². The molecule has 5 heteroatoms. The number of carbonyl (C=O) groups excluding carboxylic acids is 1. The molecule has 4 rings (SSSR count). The number of benzene rings is 1. The average molecular weight is 393 g/mol. The Morgan fingerprint density at radius 1 is 0.966 bits per heavy atom. The van der Waals surface area contributed by atoms with Crippen molar-refractivity contribution >= 4 is 11.6 Å². The maximum absolute atomic E-state index is 13.1. The number of aromatic nitrogens is 1. The van der Waals surface area contributed by atoms with Gasteiger partial charge in [-0.3, -0.25) is 14.7 Å². The Morgan fingerprint density at radius 3 is 2.41 bits per heavy atom. The number of anilines is 1. The van der Waals surface area contributed by atoms with Gasteiger partial charge in [-0.2, -0.15) is 0 Å². The number of carbonyl (C=O) groups is 1. The van der Waals surface area contributed by atoms with E-state index >= 15 is 0 Å². The molecule has 2 fully saturated rings. The highest BCUT2D eigenvalue weighted by atomic mass is 16.2. The van der Waals surface area contributed by atoms with Crippen LogP contribution >= 0.6 is 0 Å². The first kappa shape index (κ1) is 19.9. The van der Waals surface area contributed by atoms with Crippen molar-refractivity contribution in [2.24, 2.45) is 5.92 Å². The molecule has 5 nitrogen and oxygen atoms in total. The van der Waals surface area contributed by atoms with Crippen molar-refractivity contribution in [1.82, 2.24) is 14.8 Å². The van der Waals surface area contributed by atoms with E-state index in [9.17, 15) is 4.79 Å². The molecule has 0 saturated carbocycles. The molecule has 0 atom stereocenters. The molecule has 1 aromatic heterocycles. The number of hydrogen-bond acceptors (Lipinski definition) is 4. The van der Waals surface area contributed by atoms with Crippen LogP contribution in [-0.2, 0) is 11.3 Å². The van der Waals surface area contributed by atoms with Gasteiger partial charge in [0.15, 0.2) is 0 Å². The molecular weight excluding hydrogens is 360 g/mol. The molecule has 0 radical (unpaired) electrons. The number of aryl methyl sites for hydroxylation is 1. The second kappa shape index (κ2) is 8.95. The number of likely N-dealkylation sites (tertiary alicyclic amines) is 1. The van der Waals surface area contributed by atoms with Crippen LogP contribution in [0.25, 0.3) is 0 Å². The third-order valence-corrected chi connectivity index (χ3v) is 6.56. The van der Waals surface area contributed by atoms with Crippen molar-refractivity contribution in [2.45, 2.75) is 33.2 Å². The zero-order chi connectivity index (χ0) is 20.2. The number of hydrogen-bond donors (Lipinski definition) is 0. The average Bonchev–Trinajstić information content (AvgIpc) is 2.77. The van der Waals surface area contributed by atoms with Gasteiger partial charge < -0.3 is 9.80 Å². The Balaban J connectivity index is 1.26. The first-order chi connectivity index (χ1) is 14.1. The van der Waals surface area contributed by atoms with Gasteiger partial charge in [0.05, 0.1) is 5.69 Å². The summed E-state index contributed by atoms with van der Waals surface area (Å²) in [6, 6.07) is 12.6. The summed E-state index contributed by atoms with van der Waals surface area (Å²) in [6.45, 7) is 10.7. The number of amides is 1. The summed E-state index contributed by atoms with van der Waals surface area (Å²) in [5.41, 5.74) is 5.12. The van der Waals surface area contributed by atoms with Crippen LogP contribution in [0.15, 0.2) is 42.6 Å². The summed E-state index contributed by atoms with van der Waals surface area (Å²) >= 11 is 0. The summed E-state index contributed by atoms with van der Waals surface area (Å²) in [7, 11) is 0. The minimum absolute atomic E-state index is 0.183. The highest BCUT2D eigenvalue weighted by Gasteiger charge is 2.30. The molecule has 0 spiro atoms. The van der Waals surface area contributed by atoms with Crippen LogP contribution in [-0.4, -0.2) is 60.0 Å². The van der Waals surface area contributed by atoms with Gasteiger partial charge in [0, 0.05) is 50.5 Å². The van der Waals surface area contributed by atoms with Crippen molar-refractivity contribution in [3.05, 3.63) is 59.4 Å². The summed E-state index contributed by atoms with van der Waals surface area (Å²) < 4.78 is 0. The number of piperazine rings is 1. The number of piperidine rings is 1. The molecule has 0 N–H and O–H groups in total. The lowest BCUT2D eigenvalue weighted by Gasteiger charge is -2.39. The van der Waals surface area contributed by atoms with E-state index in [1.807, 2.05) is 18.3 Å². The maximum Gasteiger partial charge on any atom is 0.225 e. The molecule has 0 unspecified atom stereocenters. The number of nitrogens with zero attached hydrogens (tertiary/aromatic N) is 4. The molecule has 3 heterocycles. The van der Waals surface area contributed by atoms with Crippen LogP contribution in [0.1, 0.15) is 29.7 Å². The molecule has 1 aromatic carbocycles. The van der Waals surface area contributed by atoms with E-state index in [0.717, 1.165) is 64.3 Å².